The van der Waals surface area contributed by atoms with Gasteiger partial charge in [-0.25, -0.2) is 0 Å². The first-order chi connectivity index (χ1) is 12.7. The number of hydrogen-bond acceptors (Lipinski definition) is 4. The van der Waals surface area contributed by atoms with Crippen molar-refractivity contribution < 1.29 is 4.79 Å². The molecule has 2 heterocycles. The monoisotopic (exact) mass is 367 g/mol. The molecule has 1 aromatic heterocycles. The first-order valence-corrected chi connectivity index (χ1v) is 8.83. The minimum absolute atomic E-state index is 0.0658. The Hall–Kier alpha value is -2.86. The van der Waals surface area contributed by atoms with Gasteiger partial charge in [0.15, 0.2) is 0 Å². The number of nitrogens with zero attached hydrogens (tertiary/aromatic N) is 5. The van der Waals surface area contributed by atoms with E-state index in [1.54, 1.807) is 17.2 Å². The molecule has 0 N–H and O–H groups in total. The van der Waals surface area contributed by atoms with Crippen LogP contribution in [0, 0.1) is 0 Å². The summed E-state index contributed by atoms with van der Waals surface area (Å²) in [6.07, 6.45) is 3.26. The summed E-state index contributed by atoms with van der Waals surface area (Å²) in [5.41, 5.74) is 2.76. The van der Waals surface area contributed by atoms with Crippen molar-refractivity contribution in [3.8, 4) is 5.69 Å². The molecule has 3 aromatic rings. The summed E-state index contributed by atoms with van der Waals surface area (Å²) in [4.78, 5) is 16.9. The molecule has 1 saturated heterocycles. The molecule has 26 heavy (non-hydrogen) atoms. The number of carbonyl (C=O) groups excluding carboxylic acids is 1. The summed E-state index contributed by atoms with van der Waals surface area (Å²) in [7, 11) is 0. The molecule has 132 valence electrons. The second kappa shape index (κ2) is 7.17. The summed E-state index contributed by atoms with van der Waals surface area (Å²) < 4.78 is 1.80. The van der Waals surface area contributed by atoms with Crippen LogP contribution in [-0.2, 0) is 0 Å². The van der Waals surface area contributed by atoms with Crippen LogP contribution in [0.25, 0.3) is 5.69 Å². The lowest BCUT2D eigenvalue weighted by Gasteiger charge is -2.36. The minimum atomic E-state index is 0.0658. The average molecular weight is 368 g/mol. The predicted molar refractivity (Wildman–Crippen MR) is 101 cm³/mol. The van der Waals surface area contributed by atoms with E-state index in [4.69, 9.17) is 11.6 Å². The van der Waals surface area contributed by atoms with E-state index in [9.17, 15) is 4.79 Å². The number of halogens is 1. The van der Waals surface area contributed by atoms with Gasteiger partial charge in [-0.15, -0.1) is 10.2 Å². The van der Waals surface area contributed by atoms with E-state index in [2.05, 4.69) is 15.1 Å². The van der Waals surface area contributed by atoms with Crippen LogP contribution in [0.5, 0.6) is 0 Å². The van der Waals surface area contributed by atoms with Gasteiger partial charge in [-0.3, -0.25) is 9.36 Å². The van der Waals surface area contributed by atoms with Crippen LogP contribution >= 0.6 is 11.6 Å². The van der Waals surface area contributed by atoms with E-state index in [-0.39, 0.29) is 5.91 Å². The largest absolute Gasteiger partial charge is 0.368 e. The van der Waals surface area contributed by atoms with Gasteiger partial charge in [0.05, 0.1) is 0 Å². The molecular formula is C19H18ClN5O. The molecule has 2 aromatic carbocycles. The maximum atomic E-state index is 12.7. The number of rotatable bonds is 3. The lowest BCUT2D eigenvalue weighted by atomic mass is 10.1. The van der Waals surface area contributed by atoms with Crippen molar-refractivity contribution in [3.05, 3.63) is 71.8 Å². The Labute approximate surface area is 156 Å². The molecule has 0 aliphatic carbocycles. The third-order valence-electron chi connectivity index (χ3n) is 4.59. The molecule has 6 nitrogen and oxygen atoms in total. The summed E-state index contributed by atoms with van der Waals surface area (Å²) in [6, 6.07) is 15.3. The van der Waals surface area contributed by atoms with Gasteiger partial charge in [0.2, 0.25) is 0 Å². The van der Waals surface area contributed by atoms with E-state index < -0.39 is 0 Å². The van der Waals surface area contributed by atoms with Crippen LogP contribution in [0.3, 0.4) is 0 Å². The SMILES string of the molecule is O=C(c1ccc(-n2cnnc2)cc1)N1CCN(c2ccc(Cl)cc2)CC1. The molecule has 0 atom stereocenters. The highest BCUT2D eigenvalue weighted by atomic mass is 35.5. The Kier molecular flexibility index (Phi) is 4.58. The maximum absolute atomic E-state index is 12.7. The number of anilines is 1. The Bertz CT molecular complexity index is 869. The summed E-state index contributed by atoms with van der Waals surface area (Å²) in [6.45, 7) is 3.03. The normalized spacial score (nSPS) is 14.5. The van der Waals surface area contributed by atoms with E-state index in [0.717, 1.165) is 29.5 Å². The Morgan fingerprint density at radius 2 is 1.38 bits per heavy atom. The van der Waals surface area contributed by atoms with Gasteiger partial charge in [-0.1, -0.05) is 11.6 Å². The summed E-state index contributed by atoms with van der Waals surface area (Å²) in [5, 5.41) is 8.32. The number of hydrogen-bond donors (Lipinski definition) is 0. The smallest absolute Gasteiger partial charge is 0.253 e. The van der Waals surface area contributed by atoms with E-state index in [1.165, 1.54) is 0 Å². The fraction of sp³-hybridized carbons (Fsp3) is 0.211. The highest BCUT2D eigenvalue weighted by Crippen LogP contribution is 2.20. The fourth-order valence-corrected chi connectivity index (χ4v) is 3.24. The van der Waals surface area contributed by atoms with Gasteiger partial charge in [0.1, 0.15) is 12.7 Å². The van der Waals surface area contributed by atoms with Crippen LogP contribution in [0.2, 0.25) is 5.02 Å². The van der Waals surface area contributed by atoms with Crippen LogP contribution < -0.4 is 4.90 Å². The lowest BCUT2D eigenvalue weighted by Crippen LogP contribution is -2.48. The number of aromatic nitrogens is 3. The van der Waals surface area contributed by atoms with Gasteiger partial charge in [-0.05, 0) is 48.5 Å². The summed E-state index contributed by atoms with van der Waals surface area (Å²) >= 11 is 5.95. The van der Waals surface area contributed by atoms with E-state index in [1.807, 2.05) is 53.4 Å². The maximum Gasteiger partial charge on any atom is 0.253 e. The molecular weight excluding hydrogens is 350 g/mol. The quantitative estimate of drug-likeness (QED) is 0.714. The standard InChI is InChI=1S/C19H18ClN5O/c20-16-3-7-17(8-4-16)23-9-11-24(12-10-23)19(26)15-1-5-18(6-2-15)25-13-21-22-14-25/h1-8,13-14H,9-12H2. The average Bonchev–Trinajstić information content (AvgIpc) is 3.23. The first kappa shape index (κ1) is 16.6. The van der Waals surface area contributed by atoms with Crippen molar-refractivity contribution in [3.63, 3.8) is 0 Å². The van der Waals surface area contributed by atoms with Crippen LogP contribution in [0.1, 0.15) is 10.4 Å². The van der Waals surface area contributed by atoms with Gasteiger partial charge in [0.25, 0.3) is 5.91 Å². The zero-order chi connectivity index (χ0) is 17.9. The molecule has 1 fully saturated rings. The highest BCUT2D eigenvalue weighted by Gasteiger charge is 2.22. The Morgan fingerprint density at radius 1 is 0.808 bits per heavy atom. The molecule has 4 rings (SSSR count). The van der Waals surface area contributed by atoms with Crippen molar-refractivity contribution in [1.29, 1.82) is 0 Å². The molecule has 0 saturated carbocycles. The zero-order valence-electron chi connectivity index (χ0n) is 14.1. The van der Waals surface area contributed by atoms with Crippen LogP contribution in [0.4, 0.5) is 5.69 Å². The minimum Gasteiger partial charge on any atom is -0.368 e. The van der Waals surface area contributed by atoms with Gasteiger partial charge in [-0.2, -0.15) is 0 Å². The number of benzene rings is 2. The number of carbonyl (C=O) groups is 1. The van der Waals surface area contributed by atoms with Crippen molar-refractivity contribution in [2.45, 2.75) is 0 Å². The van der Waals surface area contributed by atoms with Gasteiger partial charge >= 0.3 is 0 Å². The molecule has 0 spiro atoms. The molecule has 0 bridgehead atoms. The van der Waals surface area contributed by atoms with Crippen molar-refractivity contribution in [2.75, 3.05) is 31.1 Å². The molecule has 1 aliphatic rings. The van der Waals surface area contributed by atoms with E-state index >= 15 is 0 Å². The second-order valence-electron chi connectivity index (χ2n) is 6.17. The molecule has 1 amide bonds. The highest BCUT2D eigenvalue weighted by molar-refractivity contribution is 6.30. The third-order valence-corrected chi connectivity index (χ3v) is 4.84. The molecule has 0 radical (unpaired) electrons. The number of piperazine rings is 1. The van der Waals surface area contributed by atoms with Crippen LogP contribution in [0.15, 0.2) is 61.2 Å². The van der Waals surface area contributed by atoms with Crippen LogP contribution in [-0.4, -0.2) is 51.8 Å². The molecule has 0 unspecified atom stereocenters. The molecule has 1 aliphatic heterocycles. The van der Waals surface area contributed by atoms with Crippen molar-refractivity contribution >= 4 is 23.2 Å². The molecule has 7 heteroatoms. The van der Waals surface area contributed by atoms with E-state index in [0.29, 0.717) is 18.7 Å². The lowest BCUT2D eigenvalue weighted by molar-refractivity contribution is 0.0747. The Balaban J connectivity index is 1.39. The summed E-state index contributed by atoms with van der Waals surface area (Å²) in [5.74, 6) is 0.0658. The third kappa shape index (κ3) is 3.41. The topological polar surface area (TPSA) is 54.3 Å². The van der Waals surface area contributed by atoms with Crippen molar-refractivity contribution in [1.82, 2.24) is 19.7 Å². The van der Waals surface area contributed by atoms with Gasteiger partial charge < -0.3 is 9.80 Å². The Morgan fingerprint density at radius 3 is 2.00 bits per heavy atom. The first-order valence-electron chi connectivity index (χ1n) is 8.45. The second-order valence-corrected chi connectivity index (χ2v) is 6.61. The predicted octanol–water partition coefficient (Wildman–Crippen LogP) is 2.88. The number of amides is 1. The zero-order valence-corrected chi connectivity index (χ0v) is 14.9. The fourth-order valence-electron chi connectivity index (χ4n) is 3.11. The van der Waals surface area contributed by atoms with Crippen molar-refractivity contribution in [2.24, 2.45) is 0 Å². The van der Waals surface area contributed by atoms with Gasteiger partial charge in [0, 0.05) is 48.1 Å².